The first-order valence-corrected chi connectivity index (χ1v) is 15.6. The Bertz CT molecular complexity index is 569. The second kappa shape index (κ2) is 22.6. The topological polar surface area (TPSA) is 91.3 Å². The van der Waals surface area contributed by atoms with Gasteiger partial charge in [0.15, 0.2) is 0 Å². The molecule has 0 saturated carbocycles. The molecule has 0 saturated heterocycles. The molecule has 36 heavy (non-hydrogen) atoms. The van der Waals surface area contributed by atoms with E-state index in [9.17, 15) is 14.3 Å². The summed E-state index contributed by atoms with van der Waals surface area (Å²) in [5, 5.41) is 0. The van der Waals surface area contributed by atoms with E-state index in [1.807, 2.05) is 21.1 Å². The quantitative estimate of drug-likeness (QED) is 0.0746. The van der Waals surface area contributed by atoms with Gasteiger partial charge in [-0.25, -0.2) is 4.57 Å². The summed E-state index contributed by atoms with van der Waals surface area (Å²) in [6, 6.07) is 0. The molecule has 216 valence electrons. The van der Waals surface area contributed by atoms with Gasteiger partial charge in [0, 0.05) is 26.6 Å². The number of phosphoric acid groups is 1. The van der Waals surface area contributed by atoms with Gasteiger partial charge < -0.3 is 18.9 Å². The maximum Gasteiger partial charge on any atom is 0.472 e. The van der Waals surface area contributed by atoms with Gasteiger partial charge in [-0.05, 0) is 19.3 Å². The van der Waals surface area contributed by atoms with Gasteiger partial charge in [0.05, 0.1) is 34.4 Å². The number of Topliss-reactive ketones (excluding diaryl/α,β-unsaturated/α-hetero) is 1. The molecule has 0 amide bonds. The van der Waals surface area contributed by atoms with Gasteiger partial charge >= 0.3 is 7.82 Å². The molecule has 0 fully saturated rings. The lowest BCUT2D eigenvalue weighted by molar-refractivity contribution is -0.870. The maximum atomic E-state index is 12.0. The number of methoxy groups -OCH3 is 1. The van der Waals surface area contributed by atoms with Crippen LogP contribution < -0.4 is 0 Å². The Kier molecular flexibility index (Phi) is 22.4. The third-order valence-electron chi connectivity index (χ3n) is 6.13. The molecule has 9 heteroatoms. The molecule has 2 atom stereocenters. The van der Waals surface area contributed by atoms with Crippen LogP contribution in [0.5, 0.6) is 0 Å². The third kappa shape index (κ3) is 25.3. The zero-order chi connectivity index (χ0) is 27.1. The molecule has 1 N–H and O–H groups in total. The molecule has 0 radical (unpaired) electrons. The molecule has 0 spiro atoms. The first kappa shape index (κ1) is 35.7. The van der Waals surface area contributed by atoms with E-state index >= 15 is 0 Å². The Morgan fingerprint density at radius 1 is 0.778 bits per heavy atom. The fourth-order valence-electron chi connectivity index (χ4n) is 3.68. The van der Waals surface area contributed by atoms with E-state index in [0.717, 1.165) is 38.5 Å². The molecule has 0 heterocycles. The van der Waals surface area contributed by atoms with E-state index in [2.05, 4.69) is 6.92 Å². The number of ether oxygens (including phenoxy) is 2. The molecular formula is C27H57NO7P+. The Morgan fingerprint density at radius 3 is 1.83 bits per heavy atom. The molecule has 0 rings (SSSR count). The summed E-state index contributed by atoms with van der Waals surface area (Å²) in [4.78, 5) is 21.8. The van der Waals surface area contributed by atoms with Crippen LogP contribution in [0.15, 0.2) is 0 Å². The second-order valence-electron chi connectivity index (χ2n) is 10.8. The van der Waals surface area contributed by atoms with Gasteiger partial charge in [-0.1, -0.05) is 71.1 Å². The number of carbonyl (C=O) groups is 1. The molecule has 0 aromatic carbocycles. The Morgan fingerprint density at radius 2 is 1.31 bits per heavy atom. The van der Waals surface area contributed by atoms with Crippen LogP contribution in [0, 0.1) is 0 Å². The maximum absolute atomic E-state index is 12.0. The minimum Gasteiger partial charge on any atom is -0.379 e. The van der Waals surface area contributed by atoms with Crippen molar-refractivity contribution in [1.82, 2.24) is 0 Å². The van der Waals surface area contributed by atoms with Crippen LogP contribution in [0.1, 0.15) is 103 Å². The third-order valence-corrected chi connectivity index (χ3v) is 7.11. The highest BCUT2D eigenvalue weighted by molar-refractivity contribution is 7.47. The summed E-state index contributed by atoms with van der Waals surface area (Å²) in [6.07, 6.45) is 16.4. The Hall–Kier alpha value is -0.340. The van der Waals surface area contributed by atoms with Gasteiger partial charge in [-0.2, -0.15) is 0 Å². The highest BCUT2D eigenvalue weighted by Crippen LogP contribution is 2.43. The smallest absolute Gasteiger partial charge is 0.379 e. The van der Waals surface area contributed by atoms with Crippen molar-refractivity contribution in [3.63, 3.8) is 0 Å². The lowest BCUT2D eigenvalue weighted by Gasteiger charge is -2.24. The molecule has 0 aliphatic rings. The second-order valence-corrected chi connectivity index (χ2v) is 12.3. The predicted molar refractivity (Wildman–Crippen MR) is 146 cm³/mol. The van der Waals surface area contributed by atoms with Crippen molar-refractivity contribution in [2.75, 3.05) is 61.2 Å². The van der Waals surface area contributed by atoms with Crippen LogP contribution in [0.25, 0.3) is 0 Å². The van der Waals surface area contributed by atoms with Crippen molar-refractivity contribution in [3.05, 3.63) is 0 Å². The summed E-state index contributed by atoms with van der Waals surface area (Å²) in [6.45, 7) is 3.77. The van der Waals surface area contributed by atoms with Crippen molar-refractivity contribution in [2.45, 2.75) is 109 Å². The summed E-state index contributed by atoms with van der Waals surface area (Å²) >= 11 is 0. The van der Waals surface area contributed by atoms with Crippen LogP contribution >= 0.6 is 7.82 Å². The van der Waals surface area contributed by atoms with E-state index in [4.69, 9.17) is 18.5 Å². The number of phosphoric ester groups is 1. The van der Waals surface area contributed by atoms with Gasteiger partial charge in [-0.15, -0.1) is 0 Å². The molecule has 8 nitrogen and oxygen atoms in total. The highest BCUT2D eigenvalue weighted by atomic mass is 31.2. The molecule has 0 aliphatic carbocycles. The van der Waals surface area contributed by atoms with Gasteiger partial charge in [-0.3, -0.25) is 13.8 Å². The summed E-state index contributed by atoms with van der Waals surface area (Å²) < 4.78 is 33.5. The first-order chi connectivity index (χ1) is 17.1. The van der Waals surface area contributed by atoms with E-state index in [1.165, 1.54) is 58.5 Å². The van der Waals surface area contributed by atoms with Crippen molar-refractivity contribution < 1.29 is 37.3 Å². The lowest BCUT2D eigenvalue weighted by atomic mass is 10.0. The number of likely N-dealkylation sites (N-methyl/N-ethyl adjacent to an activating group) is 1. The number of quaternary nitrogens is 1. The van der Waals surface area contributed by atoms with Crippen LogP contribution in [0.4, 0.5) is 0 Å². The first-order valence-electron chi connectivity index (χ1n) is 14.1. The Balaban J connectivity index is 3.61. The number of hydrogen-bond acceptors (Lipinski definition) is 6. The van der Waals surface area contributed by atoms with Crippen molar-refractivity contribution in [3.8, 4) is 0 Å². The van der Waals surface area contributed by atoms with E-state index < -0.39 is 13.9 Å². The zero-order valence-electron chi connectivity index (χ0n) is 24.0. The SMILES string of the molecule is CCCCCCCCCCCC(=O)CCCCCCOC[C@H](COP(=O)(O)OCC[N+](C)(C)C)OC. The molecule has 0 bridgehead atoms. The average Bonchev–Trinajstić information content (AvgIpc) is 2.80. The Labute approximate surface area is 221 Å². The molecule has 0 aliphatic heterocycles. The minimum atomic E-state index is -4.10. The fourth-order valence-corrected chi connectivity index (χ4v) is 4.42. The summed E-state index contributed by atoms with van der Waals surface area (Å²) in [5.41, 5.74) is 0. The summed E-state index contributed by atoms with van der Waals surface area (Å²) in [5.74, 6) is 0.403. The zero-order valence-corrected chi connectivity index (χ0v) is 24.9. The van der Waals surface area contributed by atoms with E-state index in [0.29, 0.717) is 29.8 Å². The van der Waals surface area contributed by atoms with Gasteiger partial charge in [0.1, 0.15) is 25.0 Å². The minimum absolute atomic E-state index is 0.0737. The van der Waals surface area contributed by atoms with Crippen LogP contribution in [0.3, 0.4) is 0 Å². The van der Waals surface area contributed by atoms with Crippen LogP contribution in [-0.4, -0.2) is 82.5 Å². The highest BCUT2D eigenvalue weighted by Gasteiger charge is 2.24. The molecule has 0 aromatic heterocycles. The average molecular weight is 539 g/mol. The normalized spacial score (nSPS) is 14.6. The molecule has 1 unspecified atom stereocenters. The van der Waals surface area contributed by atoms with Gasteiger partial charge in [0.2, 0.25) is 0 Å². The van der Waals surface area contributed by atoms with Gasteiger partial charge in [0.25, 0.3) is 0 Å². The standard InChI is InChI=1S/C27H56NO7P/c1-6-7-8-9-10-11-12-13-16-19-26(29)20-17-14-15-18-22-33-24-27(32-5)25-35-36(30,31)34-23-21-28(2,3)4/h27H,6-25H2,1-5H3/p+1/t27-/m1/s1. The van der Waals surface area contributed by atoms with Crippen LogP contribution in [-0.2, 0) is 27.9 Å². The van der Waals surface area contributed by atoms with Crippen molar-refractivity contribution in [1.29, 1.82) is 0 Å². The predicted octanol–water partition coefficient (Wildman–Crippen LogP) is 6.30. The monoisotopic (exact) mass is 538 g/mol. The number of ketones is 1. The van der Waals surface area contributed by atoms with E-state index in [-0.39, 0.29) is 19.8 Å². The van der Waals surface area contributed by atoms with Crippen LogP contribution in [0.2, 0.25) is 0 Å². The number of nitrogens with zero attached hydrogens (tertiary/aromatic N) is 1. The number of rotatable bonds is 27. The molecule has 0 aromatic rings. The lowest BCUT2D eigenvalue weighted by Crippen LogP contribution is -2.37. The van der Waals surface area contributed by atoms with E-state index in [1.54, 1.807) is 0 Å². The number of unbranched alkanes of at least 4 members (excludes halogenated alkanes) is 11. The fraction of sp³-hybridized carbons (Fsp3) is 0.963. The molecular weight excluding hydrogens is 481 g/mol. The summed E-state index contributed by atoms with van der Waals surface area (Å²) in [7, 11) is 3.34. The number of hydrogen-bond donors (Lipinski definition) is 1. The van der Waals surface area contributed by atoms with Crippen molar-refractivity contribution in [2.24, 2.45) is 0 Å². The number of carbonyl (C=O) groups excluding carboxylic acids is 1. The largest absolute Gasteiger partial charge is 0.472 e. The van der Waals surface area contributed by atoms with Crippen molar-refractivity contribution >= 4 is 13.6 Å².